The first kappa shape index (κ1) is 10.9. The highest BCUT2D eigenvalue weighted by Crippen LogP contribution is 2.12. The van der Waals surface area contributed by atoms with E-state index >= 15 is 0 Å². The van der Waals surface area contributed by atoms with E-state index in [1.54, 1.807) is 4.90 Å². The Morgan fingerprint density at radius 3 is 2.19 bits per heavy atom. The lowest BCUT2D eigenvalue weighted by atomic mass is 10.3. The molecule has 0 radical (unpaired) electrons. The first-order valence-corrected chi connectivity index (χ1v) is 5.45. The van der Waals surface area contributed by atoms with Gasteiger partial charge in [0.05, 0.1) is 0 Å². The van der Waals surface area contributed by atoms with E-state index in [1.807, 2.05) is 19.9 Å². The zero-order chi connectivity index (χ0) is 11.5. The van der Waals surface area contributed by atoms with Crippen LogP contribution in [0, 0.1) is 13.8 Å². The highest BCUT2D eigenvalue weighted by molar-refractivity contribution is 5.48. The summed E-state index contributed by atoms with van der Waals surface area (Å²) in [5, 5.41) is 0. The molecule has 1 amide bonds. The molecule has 0 unspecified atom stereocenters. The lowest BCUT2D eigenvalue weighted by molar-refractivity contribution is -0.118. The van der Waals surface area contributed by atoms with E-state index in [1.165, 1.54) is 0 Å². The van der Waals surface area contributed by atoms with Crippen LogP contribution < -0.4 is 4.90 Å². The Kier molecular flexibility index (Phi) is 3.03. The first-order chi connectivity index (χ1) is 7.69. The summed E-state index contributed by atoms with van der Waals surface area (Å²) in [7, 11) is 0. The molecule has 0 atom stereocenters. The van der Waals surface area contributed by atoms with Crippen LogP contribution in [-0.4, -0.2) is 47.5 Å². The van der Waals surface area contributed by atoms with Gasteiger partial charge in [0.1, 0.15) is 0 Å². The molecular weight excluding hydrogens is 204 g/mol. The monoisotopic (exact) mass is 220 g/mol. The van der Waals surface area contributed by atoms with Crippen molar-refractivity contribution in [2.24, 2.45) is 0 Å². The highest BCUT2D eigenvalue weighted by Gasteiger charge is 2.17. The summed E-state index contributed by atoms with van der Waals surface area (Å²) < 4.78 is 0. The van der Waals surface area contributed by atoms with Crippen LogP contribution in [0.3, 0.4) is 0 Å². The van der Waals surface area contributed by atoms with Gasteiger partial charge >= 0.3 is 0 Å². The molecule has 1 aromatic heterocycles. The van der Waals surface area contributed by atoms with E-state index < -0.39 is 0 Å². The summed E-state index contributed by atoms with van der Waals surface area (Å²) in [6.45, 7) is 7.06. The number of nitrogens with zero attached hydrogens (tertiary/aromatic N) is 4. The molecule has 1 fully saturated rings. The Balaban J connectivity index is 2.10. The van der Waals surface area contributed by atoms with Crippen molar-refractivity contribution in [3.63, 3.8) is 0 Å². The van der Waals surface area contributed by atoms with Crippen molar-refractivity contribution in [2.75, 3.05) is 31.1 Å². The summed E-state index contributed by atoms with van der Waals surface area (Å²) in [6, 6.07) is 1.96. The van der Waals surface area contributed by atoms with Crippen LogP contribution in [0.5, 0.6) is 0 Å². The standard InChI is InChI=1S/C11H16N4O/c1-9-7-10(2)13-11(12-9)15-5-3-14(8-16)4-6-15/h7-8H,3-6H2,1-2H3. The van der Waals surface area contributed by atoms with E-state index in [-0.39, 0.29) is 0 Å². The van der Waals surface area contributed by atoms with E-state index in [2.05, 4.69) is 14.9 Å². The van der Waals surface area contributed by atoms with Gasteiger partial charge in [0, 0.05) is 37.6 Å². The van der Waals surface area contributed by atoms with Crippen LogP contribution in [0.2, 0.25) is 0 Å². The fraction of sp³-hybridized carbons (Fsp3) is 0.545. The number of amides is 1. The van der Waals surface area contributed by atoms with Gasteiger partial charge in [0.2, 0.25) is 12.4 Å². The molecule has 2 rings (SSSR count). The van der Waals surface area contributed by atoms with Gasteiger partial charge < -0.3 is 9.80 Å². The Morgan fingerprint density at radius 2 is 1.69 bits per heavy atom. The maximum Gasteiger partial charge on any atom is 0.225 e. The second kappa shape index (κ2) is 4.47. The molecule has 0 spiro atoms. The average molecular weight is 220 g/mol. The molecule has 5 heteroatoms. The Bertz CT molecular complexity index is 365. The normalized spacial score (nSPS) is 16.4. The van der Waals surface area contributed by atoms with E-state index in [9.17, 15) is 4.79 Å². The number of rotatable bonds is 2. The van der Waals surface area contributed by atoms with E-state index in [0.29, 0.717) is 0 Å². The molecule has 86 valence electrons. The molecule has 1 aliphatic heterocycles. The predicted octanol–water partition coefficient (Wildman–Crippen LogP) is 0.372. The molecule has 1 aromatic rings. The molecule has 0 aliphatic carbocycles. The average Bonchev–Trinajstić information content (AvgIpc) is 2.28. The number of piperazine rings is 1. The van der Waals surface area contributed by atoms with Crippen LogP contribution in [0.15, 0.2) is 6.07 Å². The minimum Gasteiger partial charge on any atom is -0.342 e. The van der Waals surface area contributed by atoms with Gasteiger partial charge in [0.25, 0.3) is 0 Å². The third kappa shape index (κ3) is 2.29. The van der Waals surface area contributed by atoms with Crippen molar-refractivity contribution in [3.8, 4) is 0 Å². The molecule has 0 aromatic carbocycles. The quantitative estimate of drug-likeness (QED) is 0.676. The van der Waals surface area contributed by atoms with Crippen molar-refractivity contribution in [1.82, 2.24) is 14.9 Å². The molecule has 0 bridgehead atoms. The van der Waals surface area contributed by atoms with Gasteiger partial charge in [0.15, 0.2) is 0 Å². The third-order valence-corrected chi connectivity index (χ3v) is 2.72. The van der Waals surface area contributed by atoms with Gasteiger partial charge in [-0.25, -0.2) is 9.97 Å². The minimum atomic E-state index is 0.750. The van der Waals surface area contributed by atoms with Gasteiger partial charge in [-0.3, -0.25) is 4.79 Å². The number of carbonyl (C=O) groups excluding carboxylic acids is 1. The summed E-state index contributed by atoms with van der Waals surface area (Å²) in [4.78, 5) is 23.3. The molecule has 1 aliphatic rings. The smallest absolute Gasteiger partial charge is 0.225 e. The molecule has 16 heavy (non-hydrogen) atoms. The minimum absolute atomic E-state index is 0.750. The zero-order valence-electron chi connectivity index (χ0n) is 9.68. The summed E-state index contributed by atoms with van der Waals surface area (Å²) in [5.74, 6) is 0.781. The third-order valence-electron chi connectivity index (χ3n) is 2.72. The topological polar surface area (TPSA) is 49.3 Å². The molecule has 5 nitrogen and oxygen atoms in total. The summed E-state index contributed by atoms with van der Waals surface area (Å²) in [5.41, 5.74) is 1.97. The predicted molar refractivity (Wildman–Crippen MR) is 61.4 cm³/mol. The molecule has 0 N–H and O–H groups in total. The number of carbonyl (C=O) groups is 1. The number of hydrogen-bond acceptors (Lipinski definition) is 4. The second-order valence-electron chi connectivity index (χ2n) is 4.08. The van der Waals surface area contributed by atoms with Crippen LogP contribution in [0.25, 0.3) is 0 Å². The Hall–Kier alpha value is -1.65. The van der Waals surface area contributed by atoms with Crippen molar-refractivity contribution in [1.29, 1.82) is 0 Å². The fourth-order valence-electron chi connectivity index (χ4n) is 1.88. The highest BCUT2D eigenvalue weighted by atomic mass is 16.1. The summed E-state index contributed by atoms with van der Waals surface area (Å²) >= 11 is 0. The molecular formula is C11H16N4O. The largest absolute Gasteiger partial charge is 0.342 e. The van der Waals surface area contributed by atoms with Gasteiger partial charge in [-0.15, -0.1) is 0 Å². The van der Waals surface area contributed by atoms with Gasteiger partial charge in [-0.2, -0.15) is 0 Å². The number of aryl methyl sites for hydroxylation is 2. The number of aromatic nitrogens is 2. The van der Waals surface area contributed by atoms with Crippen LogP contribution in [0.1, 0.15) is 11.4 Å². The number of anilines is 1. The van der Waals surface area contributed by atoms with E-state index in [0.717, 1.165) is 49.9 Å². The SMILES string of the molecule is Cc1cc(C)nc(N2CCN(C=O)CC2)n1. The van der Waals surface area contributed by atoms with Crippen molar-refractivity contribution < 1.29 is 4.79 Å². The summed E-state index contributed by atoms with van der Waals surface area (Å²) in [6.07, 6.45) is 0.902. The molecule has 2 heterocycles. The Labute approximate surface area is 95.1 Å². The Morgan fingerprint density at radius 1 is 1.12 bits per heavy atom. The second-order valence-corrected chi connectivity index (χ2v) is 4.08. The lowest BCUT2D eigenvalue weighted by Gasteiger charge is -2.32. The lowest BCUT2D eigenvalue weighted by Crippen LogP contribution is -2.46. The first-order valence-electron chi connectivity index (χ1n) is 5.45. The maximum absolute atomic E-state index is 10.6. The number of hydrogen-bond donors (Lipinski definition) is 0. The van der Waals surface area contributed by atoms with Crippen molar-refractivity contribution >= 4 is 12.4 Å². The molecule has 0 saturated carbocycles. The molecule has 1 saturated heterocycles. The van der Waals surface area contributed by atoms with Crippen molar-refractivity contribution in [2.45, 2.75) is 13.8 Å². The van der Waals surface area contributed by atoms with Crippen LogP contribution in [0.4, 0.5) is 5.95 Å². The van der Waals surface area contributed by atoms with Crippen molar-refractivity contribution in [3.05, 3.63) is 17.5 Å². The maximum atomic E-state index is 10.6. The van der Waals surface area contributed by atoms with Crippen LogP contribution >= 0.6 is 0 Å². The zero-order valence-corrected chi connectivity index (χ0v) is 9.68. The van der Waals surface area contributed by atoms with Gasteiger partial charge in [-0.05, 0) is 19.9 Å². The van der Waals surface area contributed by atoms with Crippen LogP contribution in [-0.2, 0) is 4.79 Å². The van der Waals surface area contributed by atoms with Gasteiger partial charge in [-0.1, -0.05) is 0 Å². The van der Waals surface area contributed by atoms with E-state index in [4.69, 9.17) is 0 Å². The fourth-order valence-corrected chi connectivity index (χ4v) is 1.88.